The third kappa shape index (κ3) is 3.67. The van der Waals surface area contributed by atoms with Crippen LogP contribution in [0.15, 0.2) is 0 Å². The first kappa shape index (κ1) is 13.3. The van der Waals surface area contributed by atoms with Crippen molar-refractivity contribution in [3.63, 3.8) is 0 Å². The summed E-state index contributed by atoms with van der Waals surface area (Å²) in [6.45, 7) is 3.42. The fourth-order valence-corrected chi connectivity index (χ4v) is 2.92. The molecule has 3 atom stereocenters. The summed E-state index contributed by atoms with van der Waals surface area (Å²) in [5.74, 6) is 0. The summed E-state index contributed by atoms with van der Waals surface area (Å²) in [5, 5.41) is 3.72. The van der Waals surface area contributed by atoms with Gasteiger partial charge in [0.1, 0.15) is 0 Å². The third-order valence-electron chi connectivity index (χ3n) is 4.50. The van der Waals surface area contributed by atoms with Crippen LogP contribution in [0, 0.1) is 0 Å². The number of hydrogen-bond acceptors (Lipinski definition) is 3. The molecule has 0 saturated heterocycles. The van der Waals surface area contributed by atoms with Crippen LogP contribution >= 0.6 is 0 Å². The minimum Gasteiger partial charge on any atom is -0.380 e. The fourth-order valence-electron chi connectivity index (χ4n) is 2.92. The van der Waals surface area contributed by atoms with E-state index in [1.54, 1.807) is 0 Å². The molecule has 0 aliphatic heterocycles. The SMILES string of the molecule is COC1CCCCC1NCC(C)N(C)C1CC1. The zero-order valence-electron chi connectivity index (χ0n) is 11.6. The van der Waals surface area contributed by atoms with Crippen LogP contribution in [0.4, 0.5) is 0 Å². The lowest BCUT2D eigenvalue weighted by atomic mass is 9.92. The monoisotopic (exact) mass is 240 g/mol. The molecule has 100 valence electrons. The van der Waals surface area contributed by atoms with Gasteiger partial charge in [-0.25, -0.2) is 0 Å². The second-order valence-corrected chi connectivity index (χ2v) is 5.82. The topological polar surface area (TPSA) is 24.5 Å². The smallest absolute Gasteiger partial charge is 0.0724 e. The van der Waals surface area contributed by atoms with Gasteiger partial charge in [0, 0.05) is 31.8 Å². The molecule has 17 heavy (non-hydrogen) atoms. The number of likely N-dealkylation sites (N-methyl/N-ethyl adjacent to an activating group) is 1. The molecule has 2 aliphatic carbocycles. The molecule has 3 nitrogen and oxygen atoms in total. The van der Waals surface area contributed by atoms with Crippen molar-refractivity contribution in [2.24, 2.45) is 0 Å². The molecule has 2 rings (SSSR count). The molecule has 0 amide bonds. The molecule has 0 aromatic rings. The molecule has 3 unspecified atom stereocenters. The summed E-state index contributed by atoms with van der Waals surface area (Å²) in [4.78, 5) is 2.53. The summed E-state index contributed by atoms with van der Waals surface area (Å²) in [5.41, 5.74) is 0. The van der Waals surface area contributed by atoms with E-state index >= 15 is 0 Å². The number of ether oxygens (including phenoxy) is 1. The maximum Gasteiger partial charge on any atom is 0.0724 e. The summed E-state index contributed by atoms with van der Waals surface area (Å²) in [6, 6.07) is 2.07. The Bertz CT molecular complexity index is 230. The summed E-state index contributed by atoms with van der Waals surface area (Å²) < 4.78 is 5.58. The van der Waals surface area contributed by atoms with E-state index in [-0.39, 0.29) is 0 Å². The average molecular weight is 240 g/mol. The van der Waals surface area contributed by atoms with Crippen molar-refractivity contribution in [3.8, 4) is 0 Å². The van der Waals surface area contributed by atoms with Gasteiger partial charge >= 0.3 is 0 Å². The van der Waals surface area contributed by atoms with Gasteiger partial charge in [0.25, 0.3) is 0 Å². The van der Waals surface area contributed by atoms with E-state index in [2.05, 4.69) is 24.2 Å². The minimum atomic E-state index is 0.433. The molecule has 0 spiro atoms. The Morgan fingerprint density at radius 3 is 2.59 bits per heavy atom. The van der Waals surface area contributed by atoms with Gasteiger partial charge < -0.3 is 10.1 Å². The number of hydrogen-bond donors (Lipinski definition) is 1. The van der Waals surface area contributed by atoms with Crippen molar-refractivity contribution in [2.75, 3.05) is 20.7 Å². The Kier molecular flexibility index (Phi) is 4.83. The maximum atomic E-state index is 5.58. The highest BCUT2D eigenvalue weighted by atomic mass is 16.5. The van der Waals surface area contributed by atoms with E-state index in [9.17, 15) is 0 Å². The zero-order chi connectivity index (χ0) is 12.3. The Balaban J connectivity index is 1.71. The largest absolute Gasteiger partial charge is 0.380 e. The van der Waals surface area contributed by atoms with Gasteiger partial charge in [-0.2, -0.15) is 0 Å². The molecule has 2 saturated carbocycles. The van der Waals surface area contributed by atoms with Crippen LogP contribution in [0.25, 0.3) is 0 Å². The Labute approximate surface area is 106 Å². The molecule has 0 heterocycles. The van der Waals surface area contributed by atoms with Crippen LogP contribution in [0.1, 0.15) is 45.4 Å². The Morgan fingerprint density at radius 1 is 1.24 bits per heavy atom. The van der Waals surface area contributed by atoms with E-state index in [4.69, 9.17) is 4.74 Å². The first-order chi connectivity index (χ1) is 8.22. The van der Waals surface area contributed by atoms with Crippen molar-refractivity contribution in [1.82, 2.24) is 10.2 Å². The lowest BCUT2D eigenvalue weighted by Crippen LogP contribution is -2.48. The van der Waals surface area contributed by atoms with Crippen LogP contribution in [0.3, 0.4) is 0 Å². The second kappa shape index (κ2) is 6.17. The van der Waals surface area contributed by atoms with Gasteiger partial charge in [-0.05, 0) is 39.7 Å². The molecule has 0 bridgehead atoms. The van der Waals surface area contributed by atoms with Crippen molar-refractivity contribution < 1.29 is 4.74 Å². The molecule has 1 N–H and O–H groups in total. The number of nitrogens with zero attached hydrogens (tertiary/aromatic N) is 1. The predicted molar refractivity (Wildman–Crippen MR) is 71.3 cm³/mol. The molecular formula is C14H28N2O. The van der Waals surface area contributed by atoms with Gasteiger partial charge in [-0.15, -0.1) is 0 Å². The molecule has 0 radical (unpaired) electrons. The molecular weight excluding hydrogens is 212 g/mol. The predicted octanol–water partition coefficient (Wildman–Crippen LogP) is 2.02. The number of methoxy groups -OCH3 is 1. The van der Waals surface area contributed by atoms with E-state index in [1.165, 1.54) is 38.5 Å². The van der Waals surface area contributed by atoms with E-state index in [1.807, 2.05) is 7.11 Å². The molecule has 0 aromatic carbocycles. The Morgan fingerprint density at radius 2 is 1.94 bits per heavy atom. The third-order valence-corrected chi connectivity index (χ3v) is 4.50. The van der Waals surface area contributed by atoms with E-state index < -0.39 is 0 Å². The van der Waals surface area contributed by atoms with E-state index in [0.717, 1.165) is 12.6 Å². The van der Waals surface area contributed by atoms with Crippen molar-refractivity contribution >= 4 is 0 Å². The van der Waals surface area contributed by atoms with Crippen molar-refractivity contribution in [2.45, 2.75) is 69.7 Å². The molecule has 3 heteroatoms. The minimum absolute atomic E-state index is 0.433. The van der Waals surface area contributed by atoms with Crippen LogP contribution in [0.5, 0.6) is 0 Å². The Hall–Kier alpha value is -0.120. The maximum absolute atomic E-state index is 5.58. The van der Waals surface area contributed by atoms with Crippen LogP contribution < -0.4 is 5.32 Å². The van der Waals surface area contributed by atoms with E-state index in [0.29, 0.717) is 18.2 Å². The fraction of sp³-hybridized carbons (Fsp3) is 1.00. The molecule has 2 fully saturated rings. The highest BCUT2D eigenvalue weighted by Gasteiger charge is 2.30. The second-order valence-electron chi connectivity index (χ2n) is 5.82. The molecule has 0 aromatic heterocycles. The van der Waals surface area contributed by atoms with Crippen molar-refractivity contribution in [1.29, 1.82) is 0 Å². The lowest BCUT2D eigenvalue weighted by molar-refractivity contribution is 0.0395. The highest BCUT2D eigenvalue weighted by molar-refractivity contribution is 4.88. The summed E-state index contributed by atoms with van der Waals surface area (Å²) in [7, 11) is 4.11. The normalized spacial score (nSPS) is 31.8. The van der Waals surface area contributed by atoms with Crippen LogP contribution in [-0.2, 0) is 4.74 Å². The summed E-state index contributed by atoms with van der Waals surface area (Å²) in [6.07, 6.45) is 8.40. The molecule has 2 aliphatic rings. The quantitative estimate of drug-likeness (QED) is 0.769. The van der Waals surface area contributed by atoms with Gasteiger partial charge in [0.2, 0.25) is 0 Å². The van der Waals surface area contributed by atoms with Gasteiger partial charge in [0.05, 0.1) is 6.10 Å². The number of rotatable bonds is 6. The lowest BCUT2D eigenvalue weighted by Gasteiger charge is -2.33. The zero-order valence-corrected chi connectivity index (χ0v) is 11.6. The summed E-state index contributed by atoms with van der Waals surface area (Å²) >= 11 is 0. The van der Waals surface area contributed by atoms with Gasteiger partial charge in [-0.3, -0.25) is 4.90 Å². The van der Waals surface area contributed by atoms with Crippen LogP contribution in [-0.4, -0.2) is 49.8 Å². The van der Waals surface area contributed by atoms with Gasteiger partial charge in [0.15, 0.2) is 0 Å². The average Bonchev–Trinajstić information content (AvgIpc) is 3.19. The first-order valence-electron chi connectivity index (χ1n) is 7.20. The van der Waals surface area contributed by atoms with Gasteiger partial charge in [-0.1, -0.05) is 12.8 Å². The standard InChI is InChI=1S/C14H28N2O/c1-11(16(2)12-8-9-12)10-15-13-6-4-5-7-14(13)17-3/h11-15H,4-10H2,1-3H3. The number of nitrogens with one attached hydrogen (secondary N) is 1. The van der Waals surface area contributed by atoms with Crippen LogP contribution in [0.2, 0.25) is 0 Å². The van der Waals surface area contributed by atoms with Crippen molar-refractivity contribution in [3.05, 3.63) is 0 Å². The first-order valence-corrected chi connectivity index (χ1v) is 7.20. The highest BCUT2D eigenvalue weighted by Crippen LogP contribution is 2.27.